The average molecular weight is 441 g/mol. The lowest BCUT2D eigenvalue weighted by atomic mass is 9.87. The van der Waals surface area contributed by atoms with Gasteiger partial charge in [-0.15, -0.1) is 0 Å². The van der Waals surface area contributed by atoms with Crippen LogP contribution < -0.4 is 0 Å². The van der Waals surface area contributed by atoms with Gasteiger partial charge in [-0.2, -0.15) is 10.4 Å². The van der Waals surface area contributed by atoms with Gasteiger partial charge in [-0.05, 0) is 29.3 Å². The summed E-state index contributed by atoms with van der Waals surface area (Å²) in [6.45, 7) is 3.62. The van der Waals surface area contributed by atoms with Gasteiger partial charge in [0.2, 0.25) is 0 Å². The van der Waals surface area contributed by atoms with E-state index in [0.29, 0.717) is 37.4 Å². The van der Waals surface area contributed by atoms with Crippen molar-refractivity contribution in [3.05, 3.63) is 96.0 Å². The van der Waals surface area contributed by atoms with Gasteiger partial charge >= 0.3 is 0 Å². The van der Waals surface area contributed by atoms with Gasteiger partial charge in [0.05, 0.1) is 31.2 Å². The minimum Gasteiger partial charge on any atom is -0.379 e. The second-order valence-electron chi connectivity index (χ2n) is 8.40. The Bertz CT molecular complexity index is 1230. The number of hydrogen-bond donors (Lipinski definition) is 0. The molecule has 0 saturated carbocycles. The van der Waals surface area contributed by atoms with Crippen LogP contribution in [-0.2, 0) is 16.8 Å². The summed E-state index contributed by atoms with van der Waals surface area (Å²) in [6, 6.07) is 19.2. The van der Waals surface area contributed by atoms with Crippen LogP contribution in [-0.4, -0.2) is 41.0 Å². The van der Waals surface area contributed by atoms with Crippen LogP contribution in [0.2, 0.25) is 0 Å². The zero-order valence-corrected chi connectivity index (χ0v) is 18.3. The summed E-state index contributed by atoms with van der Waals surface area (Å²) in [5.41, 5.74) is 3.15. The van der Waals surface area contributed by atoms with Crippen molar-refractivity contribution in [3.63, 3.8) is 0 Å². The highest BCUT2D eigenvalue weighted by molar-refractivity contribution is 5.76. The number of morpholine rings is 1. The molecule has 0 N–H and O–H groups in total. The molecular weight excluding hydrogens is 415 g/mol. The Morgan fingerprint density at radius 3 is 2.52 bits per heavy atom. The third-order valence-electron chi connectivity index (χ3n) is 6.32. The molecule has 2 heterocycles. The van der Waals surface area contributed by atoms with Gasteiger partial charge in [-0.25, -0.2) is 9.07 Å². The molecule has 0 radical (unpaired) electrons. The van der Waals surface area contributed by atoms with Crippen molar-refractivity contribution in [1.82, 2.24) is 14.7 Å². The molecule has 2 aliphatic rings. The van der Waals surface area contributed by atoms with E-state index >= 15 is 0 Å². The van der Waals surface area contributed by atoms with Crippen LogP contribution in [0.4, 0.5) is 4.39 Å². The van der Waals surface area contributed by atoms with Crippen LogP contribution in [0.15, 0.2) is 79.0 Å². The summed E-state index contributed by atoms with van der Waals surface area (Å²) in [5, 5.41) is 15.0. The van der Waals surface area contributed by atoms with E-state index in [2.05, 4.69) is 34.3 Å². The summed E-state index contributed by atoms with van der Waals surface area (Å²) >= 11 is 0. The van der Waals surface area contributed by atoms with E-state index in [4.69, 9.17) is 4.74 Å². The highest BCUT2D eigenvalue weighted by Crippen LogP contribution is 2.37. The van der Waals surface area contributed by atoms with E-state index < -0.39 is 5.54 Å². The first-order valence-electron chi connectivity index (χ1n) is 11.2. The predicted octanol–water partition coefficient (Wildman–Crippen LogP) is 4.78. The standard InChI is InChI=1S/C27H25FN4O/c28-25-9-5-4-8-24(25)26-23(19-31-14-16-33-17-15-31)18-30-32(26)27(20-29)12-10-22(11-13-27)21-6-2-1-3-7-21/h1-12,18H,13-17,19H2. The van der Waals surface area contributed by atoms with Crippen LogP contribution in [0.3, 0.4) is 0 Å². The fourth-order valence-electron chi connectivity index (χ4n) is 4.50. The minimum atomic E-state index is -1.03. The zero-order chi connectivity index (χ0) is 22.7. The van der Waals surface area contributed by atoms with Crippen molar-refractivity contribution in [1.29, 1.82) is 5.26 Å². The topological polar surface area (TPSA) is 54.1 Å². The molecule has 6 heteroatoms. The number of nitriles is 1. The smallest absolute Gasteiger partial charge is 0.171 e. The minimum absolute atomic E-state index is 0.323. The molecule has 5 nitrogen and oxygen atoms in total. The van der Waals surface area contributed by atoms with Crippen molar-refractivity contribution < 1.29 is 9.13 Å². The van der Waals surface area contributed by atoms with Crippen LogP contribution in [0.1, 0.15) is 17.5 Å². The number of allylic oxidation sites excluding steroid dienone is 4. The predicted molar refractivity (Wildman–Crippen MR) is 125 cm³/mol. The molecule has 0 bridgehead atoms. The van der Waals surface area contributed by atoms with Gasteiger partial charge < -0.3 is 4.74 Å². The molecule has 1 saturated heterocycles. The van der Waals surface area contributed by atoms with Gasteiger partial charge in [0.15, 0.2) is 5.54 Å². The maximum atomic E-state index is 15.0. The molecule has 1 aromatic heterocycles. The third kappa shape index (κ3) is 4.13. The molecule has 1 aliphatic heterocycles. The van der Waals surface area contributed by atoms with E-state index in [1.807, 2.05) is 36.4 Å². The van der Waals surface area contributed by atoms with Crippen LogP contribution in [0, 0.1) is 17.1 Å². The molecule has 1 unspecified atom stereocenters. The third-order valence-corrected chi connectivity index (χ3v) is 6.32. The fraction of sp³-hybridized carbons (Fsp3) is 0.259. The molecule has 166 valence electrons. The molecule has 2 aromatic carbocycles. The average Bonchev–Trinajstić information content (AvgIpc) is 3.29. The van der Waals surface area contributed by atoms with Crippen LogP contribution >= 0.6 is 0 Å². The summed E-state index contributed by atoms with van der Waals surface area (Å²) in [7, 11) is 0. The second-order valence-corrected chi connectivity index (χ2v) is 8.40. The molecule has 5 rings (SSSR count). The first kappa shape index (κ1) is 21.3. The maximum Gasteiger partial charge on any atom is 0.171 e. The van der Waals surface area contributed by atoms with Crippen molar-refractivity contribution in [3.8, 4) is 17.3 Å². The Morgan fingerprint density at radius 2 is 1.82 bits per heavy atom. The Kier molecular flexibility index (Phi) is 5.91. The molecule has 1 fully saturated rings. The lowest BCUT2D eigenvalue weighted by Crippen LogP contribution is -2.36. The van der Waals surface area contributed by atoms with Crippen LogP contribution in [0.25, 0.3) is 16.8 Å². The SMILES string of the molecule is N#CC1(n2ncc(CN3CCOCC3)c2-c2ccccc2F)C=CC(c2ccccc2)=CC1. The van der Waals surface area contributed by atoms with Crippen molar-refractivity contribution >= 4 is 5.57 Å². The summed E-state index contributed by atoms with van der Waals surface area (Å²) in [6.07, 6.45) is 8.15. The number of aromatic nitrogens is 2. The lowest BCUT2D eigenvalue weighted by Gasteiger charge is -2.29. The van der Waals surface area contributed by atoms with E-state index in [0.717, 1.165) is 29.8 Å². The van der Waals surface area contributed by atoms with Gasteiger partial charge in [0, 0.05) is 37.2 Å². The Balaban J connectivity index is 1.56. The molecule has 1 aliphatic carbocycles. The number of benzene rings is 2. The first-order chi connectivity index (χ1) is 16.2. The van der Waals surface area contributed by atoms with Gasteiger partial charge in [-0.3, -0.25) is 4.90 Å². The highest BCUT2D eigenvalue weighted by Gasteiger charge is 2.35. The van der Waals surface area contributed by atoms with Crippen molar-refractivity contribution in [2.24, 2.45) is 0 Å². The summed E-state index contributed by atoms with van der Waals surface area (Å²) in [5.74, 6) is -0.323. The van der Waals surface area contributed by atoms with E-state index in [9.17, 15) is 9.65 Å². The second kappa shape index (κ2) is 9.14. The van der Waals surface area contributed by atoms with E-state index in [1.54, 1.807) is 23.0 Å². The maximum absolute atomic E-state index is 15.0. The largest absolute Gasteiger partial charge is 0.379 e. The number of nitrogens with zero attached hydrogens (tertiary/aromatic N) is 4. The van der Waals surface area contributed by atoms with Crippen LogP contribution in [0.5, 0.6) is 0 Å². The highest BCUT2D eigenvalue weighted by atomic mass is 19.1. The monoisotopic (exact) mass is 440 g/mol. The zero-order valence-electron chi connectivity index (χ0n) is 18.3. The lowest BCUT2D eigenvalue weighted by molar-refractivity contribution is 0.0342. The molecule has 0 spiro atoms. The van der Waals surface area contributed by atoms with E-state index in [1.165, 1.54) is 6.07 Å². The molecule has 1 atom stereocenters. The Hall–Kier alpha value is -3.53. The number of hydrogen-bond acceptors (Lipinski definition) is 4. The Labute approximate surface area is 193 Å². The fourth-order valence-corrected chi connectivity index (χ4v) is 4.50. The van der Waals surface area contributed by atoms with Crippen molar-refractivity contribution in [2.45, 2.75) is 18.5 Å². The molecular formula is C27H25FN4O. The van der Waals surface area contributed by atoms with Gasteiger partial charge in [0.1, 0.15) is 5.82 Å². The molecule has 33 heavy (non-hydrogen) atoms. The molecule has 3 aromatic rings. The van der Waals surface area contributed by atoms with E-state index in [-0.39, 0.29) is 5.82 Å². The number of halogens is 1. The summed E-state index contributed by atoms with van der Waals surface area (Å²) in [4.78, 5) is 2.28. The van der Waals surface area contributed by atoms with Gasteiger partial charge in [0.25, 0.3) is 0 Å². The Morgan fingerprint density at radius 1 is 1.06 bits per heavy atom. The quantitative estimate of drug-likeness (QED) is 0.573. The number of ether oxygens (including phenoxy) is 1. The normalized spacial score (nSPS) is 20.9. The number of rotatable bonds is 5. The molecule has 0 amide bonds. The first-order valence-corrected chi connectivity index (χ1v) is 11.2. The van der Waals surface area contributed by atoms with Crippen molar-refractivity contribution in [2.75, 3.05) is 26.3 Å². The van der Waals surface area contributed by atoms with Gasteiger partial charge in [-0.1, -0.05) is 54.6 Å². The summed E-state index contributed by atoms with van der Waals surface area (Å²) < 4.78 is 22.2.